The molecule has 1 fully saturated rings. The summed E-state index contributed by atoms with van der Waals surface area (Å²) in [6.45, 7) is 11.6. The van der Waals surface area contributed by atoms with E-state index in [1.807, 2.05) is 18.2 Å². The van der Waals surface area contributed by atoms with Crippen LogP contribution in [-0.2, 0) is 5.41 Å². The molecule has 0 unspecified atom stereocenters. The molecular formula is C24H34N4O4. The molecular weight excluding hydrogens is 408 g/mol. The molecule has 0 spiro atoms. The van der Waals surface area contributed by atoms with E-state index in [2.05, 4.69) is 48.0 Å². The number of hydrogen-bond acceptors (Lipinski definition) is 7. The summed E-state index contributed by atoms with van der Waals surface area (Å²) in [4.78, 5) is 15.6. The van der Waals surface area contributed by atoms with Gasteiger partial charge < -0.3 is 20.1 Å². The van der Waals surface area contributed by atoms with Gasteiger partial charge in [0.15, 0.2) is 0 Å². The van der Waals surface area contributed by atoms with Crippen molar-refractivity contribution in [3.05, 3.63) is 58.1 Å². The van der Waals surface area contributed by atoms with Crippen LogP contribution in [0.25, 0.3) is 0 Å². The fraction of sp³-hybridized carbons (Fsp3) is 0.500. The highest BCUT2D eigenvalue weighted by atomic mass is 16.6. The number of hydrogen-bond donors (Lipinski definition) is 2. The molecule has 1 saturated heterocycles. The molecule has 1 aliphatic rings. The third-order valence-electron chi connectivity index (χ3n) is 5.74. The zero-order chi connectivity index (χ0) is 23.1. The average Bonchev–Trinajstić information content (AvgIpc) is 2.77. The molecule has 2 aromatic carbocycles. The summed E-state index contributed by atoms with van der Waals surface area (Å²) in [7, 11) is 0. The summed E-state index contributed by atoms with van der Waals surface area (Å²) in [6.07, 6.45) is 0. The number of aliphatic hydroxyl groups excluding tert-OH is 1. The quantitative estimate of drug-likeness (QED) is 0.349. The van der Waals surface area contributed by atoms with E-state index >= 15 is 0 Å². The number of anilines is 2. The van der Waals surface area contributed by atoms with Gasteiger partial charge >= 0.3 is 0 Å². The van der Waals surface area contributed by atoms with Gasteiger partial charge in [-0.15, -0.1) is 0 Å². The van der Waals surface area contributed by atoms with E-state index in [1.54, 1.807) is 12.1 Å². The Morgan fingerprint density at radius 2 is 1.78 bits per heavy atom. The number of rotatable bonds is 9. The van der Waals surface area contributed by atoms with Crippen LogP contribution in [0.15, 0.2) is 42.5 Å². The molecule has 0 atom stereocenters. The van der Waals surface area contributed by atoms with Gasteiger partial charge in [-0.2, -0.15) is 0 Å². The lowest BCUT2D eigenvalue weighted by molar-refractivity contribution is -0.383. The van der Waals surface area contributed by atoms with Crippen molar-refractivity contribution in [2.45, 2.75) is 26.2 Å². The summed E-state index contributed by atoms with van der Waals surface area (Å²) >= 11 is 0. The molecule has 0 saturated carbocycles. The molecule has 8 nitrogen and oxygen atoms in total. The van der Waals surface area contributed by atoms with E-state index in [9.17, 15) is 10.1 Å². The Morgan fingerprint density at radius 1 is 1.09 bits per heavy atom. The number of aliphatic hydroxyl groups is 1. The molecule has 2 N–H and O–H groups in total. The zero-order valence-electron chi connectivity index (χ0n) is 19.2. The molecule has 174 valence electrons. The van der Waals surface area contributed by atoms with Crippen LogP contribution in [0.2, 0.25) is 0 Å². The highest BCUT2D eigenvalue weighted by Crippen LogP contribution is 2.30. The average molecular weight is 443 g/mol. The molecule has 1 heterocycles. The molecule has 0 amide bonds. The summed E-state index contributed by atoms with van der Waals surface area (Å²) in [5, 5.41) is 23.8. The monoisotopic (exact) mass is 442 g/mol. The number of nitrogens with one attached hydrogen (secondary N) is 1. The smallest absolute Gasteiger partial charge is 0.292 e. The third kappa shape index (κ3) is 6.34. The Kier molecular flexibility index (Phi) is 7.93. The molecule has 8 heteroatoms. The topological polar surface area (TPSA) is 91.1 Å². The standard InChI is InChI=1S/C24H34N4O4/c1-24(2,3)19-4-7-21(8-5-19)32-17-10-25-22-18-20(6-9-23(22)28(30)31)27-13-11-26(12-14-27)15-16-29/h4-9,18,25,29H,10-17H2,1-3H3. The number of nitrogens with zero attached hydrogens (tertiary/aromatic N) is 3. The number of nitro groups is 1. The van der Waals surface area contributed by atoms with E-state index < -0.39 is 0 Å². The van der Waals surface area contributed by atoms with Crippen molar-refractivity contribution in [2.24, 2.45) is 0 Å². The second-order valence-corrected chi connectivity index (χ2v) is 9.06. The Bertz CT molecular complexity index is 888. The van der Waals surface area contributed by atoms with Gasteiger partial charge in [0.1, 0.15) is 18.0 Å². The van der Waals surface area contributed by atoms with Crippen LogP contribution >= 0.6 is 0 Å². The molecule has 3 rings (SSSR count). The maximum atomic E-state index is 11.5. The first kappa shape index (κ1) is 23.8. The van der Waals surface area contributed by atoms with Gasteiger partial charge in [0.05, 0.1) is 11.5 Å². The van der Waals surface area contributed by atoms with E-state index in [-0.39, 0.29) is 22.6 Å². The fourth-order valence-electron chi connectivity index (χ4n) is 3.80. The Balaban J connectivity index is 1.58. The van der Waals surface area contributed by atoms with Crippen molar-refractivity contribution in [3.63, 3.8) is 0 Å². The molecule has 0 bridgehead atoms. The fourth-order valence-corrected chi connectivity index (χ4v) is 3.80. The van der Waals surface area contributed by atoms with Gasteiger partial charge in [0.25, 0.3) is 5.69 Å². The SMILES string of the molecule is CC(C)(C)c1ccc(OCCNc2cc(N3CCN(CCO)CC3)ccc2[N+](=O)[O-])cc1. The van der Waals surface area contributed by atoms with Crippen molar-refractivity contribution in [1.29, 1.82) is 0 Å². The van der Waals surface area contributed by atoms with Gasteiger partial charge in [0.2, 0.25) is 0 Å². The maximum absolute atomic E-state index is 11.5. The van der Waals surface area contributed by atoms with Crippen LogP contribution in [0.3, 0.4) is 0 Å². The number of piperazine rings is 1. The van der Waals surface area contributed by atoms with Gasteiger partial charge in [-0.05, 0) is 35.2 Å². The van der Waals surface area contributed by atoms with E-state index in [0.29, 0.717) is 25.4 Å². The lowest BCUT2D eigenvalue weighted by atomic mass is 9.87. The Hall–Kier alpha value is -2.84. The van der Waals surface area contributed by atoms with Gasteiger partial charge in [-0.3, -0.25) is 15.0 Å². The van der Waals surface area contributed by atoms with E-state index in [1.165, 1.54) is 5.56 Å². The summed E-state index contributed by atoms with van der Waals surface area (Å²) in [6, 6.07) is 13.3. The molecule has 2 aromatic rings. The second-order valence-electron chi connectivity index (χ2n) is 9.06. The van der Waals surface area contributed by atoms with E-state index in [0.717, 1.165) is 37.6 Å². The molecule has 1 aliphatic heterocycles. The van der Waals surface area contributed by atoms with Crippen LogP contribution in [-0.4, -0.2) is 67.4 Å². The lowest BCUT2D eigenvalue weighted by Gasteiger charge is -2.35. The predicted molar refractivity (Wildman–Crippen MR) is 128 cm³/mol. The third-order valence-corrected chi connectivity index (χ3v) is 5.74. The van der Waals surface area contributed by atoms with Crippen molar-refractivity contribution in [2.75, 3.05) is 62.7 Å². The van der Waals surface area contributed by atoms with Crippen LogP contribution in [0, 0.1) is 10.1 Å². The van der Waals surface area contributed by atoms with Crippen molar-refractivity contribution in [1.82, 2.24) is 4.90 Å². The van der Waals surface area contributed by atoms with Crippen LogP contribution < -0.4 is 15.0 Å². The first-order valence-electron chi connectivity index (χ1n) is 11.1. The minimum atomic E-state index is -0.364. The van der Waals surface area contributed by atoms with Crippen LogP contribution in [0.4, 0.5) is 17.1 Å². The van der Waals surface area contributed by atoms with Gasteiger partial charge in [-0.25, -0.2) is 0 Å². The minimum absolute atomic E-state index is 0.0576. The highest BCUT2D eigenvalue weighted by Gasteiger charge is 2.20. The van der Waals surface area contributed by atoms with Crippen LogP contribution in [0.1, 0.15) is 26.3 Å². The second kappa shape index (κ2) is 10.7. The van der Waals surface area contributed by atoms with Gasteiger partial charge in [0, 0.05) is 51.0 Å². The normalized spacial score (nSPS) is 14.9. The molecule has 32 heavy (non-hydrogen) atoms. The van der Waals surface area contributed by atoms with Crippen molar-refractivity contribution in [3.8, 4) is 5.75 Å². The lowest BCUT2D eigenvalue weighted by Crippen LogP contribution is -2.47. The van der Waals surface area contributed by atoms with Crippen molar-refractivity contribution >= 4 is 17.1 Å². The molecule has 0 aromatic heterocycles. The summed E-state index contributed by atoms with van der Waals surface area (Å²) in [5.41, 5.74) is 2.85. The van der Waals surface area contributed by atoms with Gasteiger partial charge in [-0.1, -0.05) is 32.9 Å². The number of ether oxygens (including phenoxy) is 1. The predicted octanol–water partition coefficient (Wildman–Crippen LogP) is 3.50. The molecule has 0 radical (unpaired) electrons. The number of nitro benzene ring substituents is 1. The van der Waals surface area contributed by atoms with Crippen molar-refractivity contribution < 1.29 is 14.8 Å². The summed E-state index contributed by atoms with van der Waals surface area (Å²) in [5.74, 6) is 0.781. The first-order chi connectivity index (χ1) is 15.3. The Labute approximate surface area is 189 Å². The van der Waals surface area contributed by atoms with Crippen LogP contribution in [0.5, 0.6) is 5.75 Å². The zero-order valence-corrected chi connectivity index (χ0v) is 19.2. The van der Waals surface area contributed by atoms with E-state index in [4.69, 9.17) is 9.84 Å². The largest absolute Gasteiger partial charge is 0.492 e. The highest BCUT2D eigenvalue weighted by molar-refractivity contribution is 5.69. The Morgan fingerprint density at radius 3 is 2.38 bits per heavy atom. The first-order valence-corrected chi connectivity index (χ1v) is 11.1. The summed E-state index contributed by atoms with van der Waals surface area (Å²) < 4.78 is 5.81. The molecule has 0 aliphatic carbocycles. The maximum Gasteiger partial charge on any atom is 0.292 e. The number of benzene rings is 2. The minimum Gasteiger partial charge on any atom is -0.492 e. The number of β-amino-alcohol motifs (C(OH)–C–C–N with tert-alkyl or cyclic N) is 1.